The van der Waals surface area contributed by atoms with Crippen molar-refractivity contribution < 1.29 is 18.3 Å². The highest BCUT2D eigenvalue weighted by molar-refractivity contribution is 7.91. The van der Waals surface area contributed by atoms with Crippen molar-refractivity contribution in [2.24, 2.45) is 0 Å². The fourth-order valence-electron chi connectivity index (χ4n) is 1.88. The van der Waals surface area contributed by atoms with E-state index < -0.39 is 16.0 Å². The predicted octanol–water partition coefficient (Wildman–Crippen LogP) is 2.19. The summed E-state index contributed by atoms with van der Waals surface area (Å²) in [7, 11) is -3.75. The molecule has 0 spiro atoms. The molecule has 0 aliphatic carbocycles. The van der Waals surface area contributed by atoms with Crippen LogP contribution in [0.5, 0.6) is 0 Å². The maximum atomic E-state index is 12.2. The molecule has 6 nitrogen and oxygen atoms in total. The summed E-state index contributed by atoms with van der Waals surface area (Å²) in [6.07, 6.45) is 2.48. The van der Waals surface area contributed by atoms with E-state index in [9.17, 15) is 13.2 Å². The Morgan fingerprint density at radius 1 is 1.41 bits per heavy atom. The number of nitrogens with zero attached hydrogens (tertiary/aromatic N) is 1. The number of aryl methyl sites for hydroxylation is 2. The van der Waals surface area contributed by atoms with Crippen LogP contribution in [0.25, 0.3) is 0 Å². The molecule has 2 aromatic heterocycles. The highest BCUT2D eigenvalue weighted by atomic mass is 32.2. The summed E-state index contributed by atoms with van der Waals surface area (Å²) >= 11 is 0.747. The van der Waals surface area contributed by atoms with E-state index in [4.69, 9.17) is 5.11 Å². The first-order valence-electron chi connectivity index (χ1n) is 6.60. The van der Waals surface area contributed by atoms with Crippen LogP contribution < -0.4 is 4.72 Å². The van der Waals surface area contributed by atoms with Gasteiger partial charge >= 0.3 is 5.97 Å². The predicted molar refractivity (Wildman–Crippen MR) is 83.7 cm³/mol. The quantitative estimate of drug-likeness (QED) is 0.840. The molecule has 0 aromatic carbocycles. The monoisotopic (exact) mass is 340 g/mol. The standard InChI is InChI=1S/C14H16N2O4S2/c1-3-10-4-5-15-11(7-10)8-16-22(19,20)12-6-9(2)13(21-12)14(17)18/h4-7,16H,3,8H2,1-2H3,(H,17,18). The fraction of sp³-hybridized carbons (Fsp3) is 0.286. The van der Waals surface area contributed by atoms with Crippen molar-refractivity contribution in [3.8, 4) is 0 Å². The van der Waals surface area contributed by atoms with Crippen LogP contribution in [-0.2, 0) is 23.0 Å². The van der Waals surface area contributed by atoms with Gasteiger partial charge in [-0.2, -0.15) is 0 Å². The van der Waals surface area contributed by atoms with Crippen LogP contribution in [0.1, 0.15) is 33.4 Å². The molecule has 0 aliphatic rings. The molecular weight excluding hydrogens is 324 g/mol. The lowest BCUT2D eigenvalue weighted by Crippen LogP contribution is -2.23. The zero-order valence-corrected chi connectivity index (χ0v) is 13.8. The molecule has 22 heavy (non-hydrogen) atoms. The lowest BCUT2D eigenvalue weighted by atomic mass is 10.2. The van der Waals surface area contributed by atoms with Gasteiger partial charge in [-0.3, -0.25) is 4.98 Å². The molecule has 0 aliphatic heterocycles. The van der Waals surface area contributed by atoms with Crippen molar-refractivity contribution in [1.82, 2.24) is 9.71 Å². The van der Waals surface area contributed by atoms with E-state index >= 15 is 0 Å². The van der Waals surface area contributed by atoms with Crippen molar-refractivity contribution in [3.63, 3.8) is 0 Å². The number of aromatic nitrogens is 1. The van der Waals surface area contributed by atoms with Crippen molar-refractivity contribution in [2.75, 3.05) is 0 Å². The molecule has 0 amide bonds. The number of carboxylic acids is 1. The highest BCUT2D eigenvalue weighted by Gasteiger charge is 2.21. The first-order chi connectivity index (χ1) is 10.3. The van der Waals surface area contributed by atoms with E-state index in [0.29, 0.717) is 11.3 Å². The minimum atomic E-state index is -3.75. The first kappa shape index (κ1) is 16.6. The first-order valence-corrected chi connectivity index (χ1v) is 8.90. The van der Waals surface area contributed by atoms with Crippen LogP contribution in [0, 0.1) is 6.92 Å². The van der Waals surface area contributed by atoms with Crippen LogP contribution in [0.4, 0.5) is 0 Å². The zero-order chi connectivity index (χ0) is 16.3. The maximum Gasteiger partial charge on any atom is 0.346 e. The van der Waals surface area contributed by atoms with Gasteiger partial charge in [-0.1, -0.05) is 6.92 Å². The van der Waals surface area contributed by atoms with Gasteiger partial charge in [0.15, 0.2) is 0 Å². The van der Waals surface area contributed by atoms with Gasteiger partial charge in [-0.05, 0) is 42.7 Å². The molecule has 0 saturated heterocycles. The average Bonchev–Trinajstić information content (AvgIpc) is 2.88. The Kier molecular flexibility index (Phi) is 4.94. The molecule has 0 unspecified atom stereocenters. The Balaban J connectivity index is 2.17. The lowest BCUT2D eigenvalue weighted by molar-refractivity contribution is 0.0701. The summed E-state index contributed by atoms with van der Waals surface area (Å²) in [6.45, 7) is 3.64. The fourth-order valence-corrected chi connectivity index (χ4v) is 4.30. The summed E-state index contributed by atoms with van der Waals surface area (Å²) in [6, 6.07) is 5.08. The number of hydrogen-bond acceptors (Lipinski definition) is 5. The number of aromatic carboxylic acids is 1. The largest absolute Gasteiger partial charge is 0.477 e. The molecule has 2 N–H and O–H groups in total. The van der Waals surface area contributed by atoms with Crippen LogP contribution in [0.15, 0.2) is 28.6 Å². The molecule has 2 aromatic rings. The van der Waals surface area contributed by atoms with Gasteiger partial charge in [0, 0.05) is 6.20 Å². The van der Waals surface area contributed by atoms with Gasteiger partial charge in [0.05, 0.1) is 12.2 Å². The third kappa shape index (κ3) is 3.70. The molecule has 118 valence electrons. The third-order valence-electron chi connectivity index (χ3n) is 3.09. The number of nitrogens with one attached hydrogen (secondary N) is 1. The molecule has 0 fully saturated rings. The second-order valence-corrected chi connectivity index (χ2v) is 7.76. The molecule has 8 heteroatoms. The minimum Gasteiger partial charge on any atom is -0.477 e. The molecule has 0 bridgehead atoms. The van der Waals surface area contributed by atoms with E-state index in [1.54, 1.807) is 13.1 Å². The van der Waals surface area contributed by atoms with E-state index in [1.165, 1.54) is 6.07 Å². The van der Waals surface area contributed by atoms with Gasteiger partial charge < -0.3 is 5.11 Å². The van der Waals surface area contributed by atoms with Gasteiger partial charge in [0.25, 0.3) is 0 Å². The van der Waals surface area contributed by atoms with Crippen molar-refractivity contribution >= 4 is 27.3 Å². The Hall–Kier alpha value is -1.77. The van der Waals surface area contributed by atoms with Crippen molar-refractivity contribution in [3.05, 3.63) is 46.1 Å². The molecule has 2 rings (SSSR count). The van der Waals surface area contributed by atoms with E-state index in [1.807, 2.05) is 19.1 Å². The molecule has 2 heterocycles. The van der Waals surface area contributed by atoms with Gasteiger partial charge in [-0.15, -0.1) is 11.3 Å². The van der Waals surface area contributed by atoms with Gasteiger partial charge in [0.2, 0.25) is 10.0 Å². The second-order valence-electron chi connectivity index (χ2n) is 4.72. The lowest BCUT2D eigenvalue weighted by Gasteiger charge is -2.05. The number of pyridine rings is 1. The Morgan fingerprint density at radius 3 is 2.73 bits per heavy atom. The number of carboxylic acid groups (broad SMARTS) is 1. The van der Waals surface area contributed by atoms with E-state index in [-0.39, 0.29) is 15.6 Å². The number of hydrogen-bond donors (Lipinski definition) is 2. The Labute approximate surface area is 132 Å². The Bertz CT molecular complexity index is 797. The summed E-state index contributed by atoms with van der Waals surface area (Å²) in [5.74, 6) is -1.12. The van der Waals surface area contributed by atoms with Crippen LogP contribution in [0.2, 0.25) is 0 Å². The second kappa shape index (κ2) is 6.55. The number of rotatable bonds is 6. The molecular formula is C14H16N2O4S2. The smallest absolute Gasteiger partial charge is 0.346 e. The number of thiophene rings is 1. The van der Waals surface area contributed by atoms with E-state index in [0.717, 1.165) is 23.3 Å². The van der Waals surface area contributed by atoms with Crippen LogP contribution in [0.3, 0.4) is 0 Å². The number of sulfonamides is 1. The van der Waals surface area contributed by atoms with Crippen molar-refractivity contribution in [1.29, 1.82) is 0 Å². The molecule has 0 saturated carbocycles. The SMILES string of the molecule is CCc1ccnc(CNS(=O)(=O)c2cc(C)c(C(=O)O)s2)c1. The summed E-state index contributed by atoms with van der Waals surface area (Å²) in [5.41, 5.74) is 2.13. The van der Waals surface area contributed by atoms with Crippen LogP contribution in [-0.4, -0.2) is 24.5 Å². The third-order valence-corrected chi connectivity index (χ3v) is 6.19. The van der Waals surface area contributed by atoms with Crippen LogP contribution >= 0.6 is 11.3 Å². The zero-order valence-electron chi connectivity index (χ0n) is 12.2. The normalized spacial score (nSPS) is 11.5. The summed E-state index contributed by atoms with van der Waals surface area (Å²) < 4.78 is 26.9. The molecule has 0 radical (unpaired) electrons. The summed E-state index contributed by atoms with van der Waals surface area (Å²) in [5, 5.41) is 9.00. The van der Waals surface area contributed by atoms with Gasteiger partial charge in [-0.25, -0.2) is 17.9 Å². The minimum absolute atomic E-state index is 0.00551. The Morgan fingerprint density at radius 2 is 2.14 bits per heavy atom. The van der Waals surface area contributed by atoms with E-state index in [2.05, 4.69) is 9.71 Å². The maximum absolute atomic E-state index is 12.2. The van der Waals surface area contributed by atoms with Gasteiger partial charge in [0.1, 0.15) is 9.09 Å². The molecule has 0 atom stereocenters. The topological polar surface area (TPSA) is 96.4 Å². The van der Waals surface area contributed by atoms with Crippen molar-refractivity contribution in [2.45, 2.75) is 31.0 Å². The average molecular weight is 340 g/mol. The highest BCUT2D eigenvalue weighted by Crippen LogP contribution is 2.25. The summed E-state index contributed by atoms with van der Waals surface area (Å²) in [4.78, 5) is 15.1. The number of carbonyl (C=O) groups is 1.